The molecule has 0 spiro atoms. The zero-order valence-electron chi connectivity index (χ0n) is 9.72. The molecule has 3 heterocycles. The Labute approximate surface area is 112 Å². The number of nitrogens with one attached hydrogen (secondary N) is 2. The van der Waals surface area contributed by atoms with Crippen LogP contribution in [0.4, 0.5) is 0 Å². The van der Waals surface area contributed by atoms with Crippen LogP contribution >= 0.6 is 15.9 Å². The molecule has 0 radical (unpaired) electrons. The van der Waals surface area contributed by atoms with E-state index in [4.69, 9.17) is 10.7 Å². The van der Waals surface area contributed by atoms with E-state index in [1.54, 1.807) is 12.4 Å². The highest BCUT2D eigenvalue weighted by Gasteiger charge is 2.31. The molecule has 0 aliphatic carbocycles. The van der Waals surface area contributed by atoms with E-state index >= 15 is 0 Å². The summed E-state index contributed by atoms with van der Waals surface area (Å²) < 4.78 is 3.01. The molecule has 0 aromatic carbocycles. The summed E-state index contributed by atoms with van der Waals surface area (Å²) in [4.78, 5) is 13.7. The van der Waals surface area contributed by atoms with Gasteiger partial charge in [-0.15, -0.1) is 0 Å². The lowest BCUT2D eigenvalue weighted by Crippen LogP contribution is -2.36. The molecule has 18 heavy (non-hydrogen) atoms. The first-order valence-corrected chi connectivity index (χ1v) is 6.43. The van der Waals surface area contributed by atoms with Crippen molar-refractivity contribution in [3.05, 3.63) is 22.7 Å². The smallest absolute Gasteiger partial charge is 0.132 e. The Morgan fingerprint density at radius 2 is 2.33 bits per heavy atom. The maximum absolute atomic E-state index is 5.92. The zero-order valence-corrected chi connectivity index (χ0v) is 11.3. The van der Waals surface area contributed by atoms with E-state index in [9.17, 15) is 0 Å². The number of imidazole rings is 1. The Morgan fingerprint density at radius 1 is 1.50 bits per heavy atom. The van der Waals surface area contributed by atoms with Gasteiger partial charge in [0.2, 0.25) is 0 Å². The van der Waals surface area contributed by atoms with Crippen molar-refractivity contribution in [3.8, 4) is 0 Å². The molecule has 96 valence electrons. The van der Waals surface area contributed by atoms with Crippen LogP contribution in [-0.2, 0) is 11.5 Å². The van der Waals surface area contributed by atoms with Crippen molar-refractivity contribution in [2.75, 3.05) is 0 Å². The molecular weight excluding hydrogens is 300 g/mol. The minimum Gasteiger partial charge on any atom is -0.326 e. The number of nitrogens with two attached hydrogens (primary N) is 1. The molecule has 2 atom stereocenters. The minimum absolute atomic E-state index is 0.191. The zero-order chi connectivity index (χ0) is 12.7. The van der Waals surface area contributed by atoms with Crippen molar-refractivity contribution in [1.82, 2.24) is 25.5 Å². The highest BCUT2D eigenvalue weighted by Crippen LogP contribution is 2.27. The van der Waals surface area contributed by atoms with Crippen molar-refractivity contribution < 1.29 is 4.94 Å². The van der Waals surface area contributed by atoms with Crippen LogP contribution in [0.3, 0.4) is 0 Å². The Bertz CT molecular complexity index is 585. The fourth-order valence-electron chi connectivity index (χ4n) is 2.14. The molecule has 0 amide bonds. The van der Waals surface area contributed by atoms with Gasteiger partial charge in [-0.3, -0.25) is 4.98 Å². The second-order valence-corrected chi connectivity index (χ2v) is 4.90. The first-order chi connectivity index (χ1) is 8.72. The molecule has 8 heteroatoms. The third kappa shape index (κ3) is 1.73. The summed E-state index contributed by atoms with van der Waals surface area (Å²) in [5.41, 5.74) is 13.3. The highest BCUT2D eigenvalue weighted by atomic mass is 79.9. The summed E-state index contributed by atoms with van der Waals surface area (Å²) in [6.07, 6.45) is 3.17. The molecule has 0 bridgehead atoms. The van der Waals surface area contributed by atoms with E-state index in [2.05, 4.69) is 48.3 Å². The fourth-order valence-corrected chi connectivity index (χ4v) is 2.68. The quantitative estimate of drug-likeness (QED) is 0.751. The van der Waals surface area contributed by atoms with Crippen LogP contribution < -0.4 is 16.7 Å². The normalized spacial score (nSPS) is 23.9. The SMILES string of the molecule is CCn1c(C2NONC2N)nc2cncc(Br)c21. The standard InChI is InChI=1S/C10H13BrN6O/c1-2-17-8-5(11)3-13-4-6(8)14-10(17)7-9(12)16-18-15-7/h3-4,7,9,15-16H,2,12H2,1H3. The number of aromatic nitrogens is 3. The van der Waals surface area contributed by atoms with Crippen LogP contribution in [0.1, 0.15) is 18.8 Å². The largest absolute Gasteiger partial charge is 0.326 e. The number of rotatable bonds is 2. The van der Waals surface area contributed by atoms with Crippen LogP contribution in [0.25, 0.3) is 11.0 Å². The Kier molecular flexibility index (Phi) is 3.04. The van der Waals surface area contributed by atoms with E-state index in [1.807, 2.05) is 0 Å². The molecule has 4 N–H and O–H groups in total. The number of hydroxylamine groups is 2. The summed E-state index contributed by atoms with van der Waals surface area (Å²) in [6.45, 7) is 2.85. The van der Waals surface area contributed by atoms with Crippen LogP contribution in [0, 0.1) is 0 Å². The van der Waals surface area contributed by atoms with Gasteiger partial charge in [-0.1, -0.05) is 0 Å². The van der Waals surface area contributed by atoms with Crippen molar-refractivity contribution in [3.63, 3.8) is 0 Å². The fraction of sp³-hybridized carbons (Fsp3) is 0.400. The molecule has 1 fully saturated rings. The predicted molar refractivity (Wildman–Crippen MR) is 69.0 cm³/mol. The molecule has 1 aliphatic rings. The van der Waals surface area contributed by atoms with Crippen LogP contribution in [0.15, 0.2) is 16.9 Å². The number of pyridine rings is 1. The Hall–Kier alpha value is -1.06. The Balaban J connectivity index is 2.20. The van der Waals surface area contributed by atoms with Gasteiger partial charge in [0.25, 0.3) is 0 Å². The van der Waals surface area contributed by atoms with E-state index in [0.29, 0.717) is 0 Å². The second kappa shape index (κ2) is 4.56. The van der Waals surface area contributed by atoms with Gasteiger partial charge in [-0.25, -0.2) is 9.92 Å². The van der Waals surface area contributed by atoms with Crippen molar-refractivity contribution in [1.29, 1.82) is 0 Å². The van der Waals surface area contributed by atoms with Gasteiger partial charge in [0.1, 0.15) is 23.5 Å². The number of hydrogen-bond donors (Lipinski definition) is 3. The minimum atomic E-state index is -0.334. The molecule has 7 nitrogen and oxygen atoms in total. The molecule has 2 aromatic rings. The summed E-state index contributed by atoms with van der Waals surface area (Å²) in [6, 6.07) is -0.191. The lowest BCUT2D eigenvalue weighted by Gasteiger charge is -2.14. The average Bonchev–Trinajstić information content (AvgIpc) is 2.92. The van der Waals surface area contributed by atoms with Crippen LogP contribution in [0.5, 0.6) is 0 Å². The molecule has 2 unspecified atom stereocenters. The maximum Gasteiger partial charge on any atom is 0.132 e. The number of halogens is 1. The Morgan fingerprint density at radius 3 is 3.00 bits per heavy atom. The van der Waals surface area contributed by atoms with Gasteiger partial charge in [0.15, 0.2) is 0 Å². The van der Waals surface area contributed by atoms with Crippen LogP contribution in [0.2, 0.25) is 0 Å². The van der Waals surface area contributed by atoms with E-state index < -0.39 is 0 Å². The average molecular weight is 313 g/mol. The molecule has 1 saturated heterocycles. The summed E-state index contributed by atoms with van der Waals surface area (Å²) in [5.74, 6) is 0.832. The van der Waals surface area contributed by atoms with Crippen molar-refractivity contribution >= 4 is 27.0 Å². The lowest BCUT2D eigenvalue weighted by atomic mass is 10.2. The topological polar surface area (TPSA) is 90.0 Å². The number of nitrogens with zero attached hydrogens (tertiary/aromatic N) is 3. The molecular formula is C10H13BrN6O. The number of aryl methyl sites for hydroxylation is 1. The molecule has 0 saturated carbocycles. The number of hydrogen-bond acceptors (Lipinski definition) is 6. The van der Waals surface area contributed by atoms with Gasteiger partial charge >= 0.3 is 0 Å². The third-order valence-electron chi connectivity index (χ3n) is 2.97. The summed E-state index contributed by atoms with van der Waals surface area (Å²) in [5, 5.41) is 0. The van der Waals surface area contributed by atoms with Gasteiger partial charge in [-0.05, 0) is 22.9 Å². The maximum atomic E-state index is 5.92. The van der Waals surface area contributed by atoms with Gasteiger partial charge in [0.05, 0.1) is 16.2 Å². The van der Waals surface area contributed by atoms with Gasteiger partial charge in [-0.2, -0.15) is 11.0 Å². The number of fused-ring (bicyclic) bond motifs is 1. The lowest BCUT2D eigenvalue weighted by molar-refractivity contribution is 0.00843. The molecule has 2 aromatic heterocycles. The summed E-state index contributed by atoms with van der Waals surface area (Å²) >= 11 is 3.50. The molecule has 3 rings (SSSR count). The third-order valence-corrected chi connectivity index (χ3v) is 3.55. The highest BCUT2D eigenvalue weighted by molar-refractivity contribution is 9.10. The van der Waals surface area contributed by atoms with Crippen LogP contribution in [-0.4, -0.2) is 20.7 Å². The van der Waals surface area contributed by atoms with E-state index in [-0.39, 0.29) is 12.2 Å². The second-order valence-electron chi connectivity index (χ2n) is 4.04. The van der Waals surface area contributed by atoms with Gasteiger partial charge < -0.3 is 10.3 Å². The first kappa shape index (κ1) is 12.0. The predicted octanol–water partition coefficient (Wildman–Crippen LogP) is 0.579. The van der Waals surface area contributed by atoms with Crippen molar-refractivity contribution in [2.45, 2.75) is 25.7 Å². The van der Waals surface area contributed by atoms with Gasteiger partial charge in [0, 0.05) is 12.7 Å². The summed E-state index contributed by atoms with van der Waals surface area (Å²) in [7, 11) is 0. The van der Waals surface area contributed by atoms with Crippen molar-refractivity contribution in [2.24, 2.45) is 5.73 Å². The van der Waals surface area contributed by atoms with E-state index in [1.165, 1.54) is 0 Å². The first-order valence-electron chi connectivity index (χ1n) is 5.64. The van der Waals surface area contributed by atoms with E-state index in [0.717, 1.165) is 27.9 Å². The monoisotopic (exact) mass is 312 g/mol. The molecule has 1 aliphatic heterocycles.